The molecule has 0 aliphatic rings. The highest BCUT2D eigenvalue weighted by Crippen LogP contribution is 2.27. The van der Waals surface area contributed by atoms with Crippen LogP contribution in [0.5, 0.6) is 0 Å². The van der Waals surface area contributed by atoms with Crippen LogP contribution in [0.2, 0.25) is 0 Å². The minimum atomic E-state index is 1.21. The van der Waals surface area contributed by atoms with Gasteiger partial charge in [0.2, 0.25) is 0 Å². The summed E-state index contributed by atoms with van der Waals surface area (Å²) < 4.78 is 2.24. The van der Waals surface area contributed by atoms with Gasteiger partial charge in [-0.3, -0.25) is 0 Å². The molecule has 0 spiro atoms. The Morgan fingerprint density at radius 1 is 0.517 bits per heavy atom. The maximum absolute atomic E-state index is 3.38. The maximum atomic E-state index is 3.38. The zero-order valence-electron chi connectivity index (χ0n) is 16.6. The van der Waals surface area contributed by atoms with Gasteiger partial charge >= 0.3 is 0 Å². The van der Waals surface area contributed by atoms with Crippen LogP contribution >= 0.6 is 22.6 Å². The number of rotatable bonds is 0. The summed E-state index contributed by atoms with van der Waals surface area (Å²) in [5, 5.41) is 5.28. The van der Waals surface area contributed by atoms with Gasteiger partial charge in [0.1, 0.15) is 0 Å². The summed E-state index contributed by atoms with van der Waals surface area (Å²) in [4.78, 5) is 5.35. The van der Waals surface area contributed by atoms with Crippen LogP contribution in [-0.4, -0.2) is 14.5 Å². The number of alkyl halides is 1. The number of halogens is 1. The Morgan fingerprint density at radius 3 is 1.31 bits per heavy atom. The summed E-state index contributed by atoms with van der Waals surface area (Å²) in [6.45, 7) is 0. The smallest absolute Gasteiger partial charge is 0.0488 e. The minimum absolute atomic E-state index is 1.21. The minimum Gasteiger partial charge on any atom is -0.355 e. The summed E-state index contributed by atoms with van der Waals surface area (Å²) in [5.74, 6) is 0. The fourth-order valence-electron chi connectivity index (χ4n) is 3.92. The number of hydrogen-bond donors (Lipinski definition) is 1. The number of nitrogens with zero attached hydrogens (tertiary/aromatic N) is 1. The number of aryl methyl sites for hydroxylation is 1. The lowest BCUT2D eigenvalue weighted by atomic mass is 10.2. The zero-order valence-corrected chi connectivity index (χ0v) is 18.7. The third-order valence-corrected chi connectivity index (χ3v) is 5.23. The first kappa shape index (κ1) is 19.5. The molecule has 0 aliphatic carbocycles. The number of fused-ring (bicyclic) bond motifs is 6. The SMILES string of the molecule is CI.Cn1c2ccccc2c2ccccc21.c1ccc2c(c1)[nH]c1ccccc12. The Bertz CT molecular complexity index is 1290. The lowest BCUT2D eigenvalue weighted by molar-refractivity contribution is 1.01. The predicted molar refractivity (Wildman–Crippen MR) is 136 cm³/mol. The van der Waals surface area contributed by atoms with Crippen LogP contribution in [0.25, 0.3) is 43.6 Å². The van der Waals surface area contributed by atoms with E-state index in [1.807, 2.05) is 4.93 Å². The van der Waals surface area contributed by atoms with E-state index in [0.717, 1.165) is 0 Å². The summed E-state index contributed by atoms with van der Waals surface area (Å²) in [7, 11) is 2.12. The first-order chi connectivity index (χ1) is 14.3. The number of para-hydroxylation sites is 4. The molecule has 144 valence electrons. The Labute approximate surface area is 184 Å². The molecule has 0 aliphatic heterocycles. The molecule has 0 fully saturated rings. The Balaban J connectivity index is 0.000000131. The Hall–Kier alpha value is -2.79. The van der Waals surface area contributed by atoms with E-state index in [-0.39, 0.29) is 0 Å². The third-order valence-electron chi connectivity index (χ3n) is 5.23. The van der Waals surface area contributed by atoms with E-state index in [4.69, 9.17) is 0 Å². The molecule has 29 heavy (non-hydrogen) atoms. The van der Waals surface area contributed by atoms with E-state index in [2.05, 4.69) is 136 Å². The summed E-state index contributed by atoms with van der Waals surface area (Å²) in [6.07, 6.45) is 0. The summed E-state index contributed by atoms with van der Waals surface area (Å²) in [6, 6.07) is 33.8. The largest absolute Gasteiger partial charge is 0.355 e. The highest BCUT2D eigenvalue weighted by atomic mass is 127. The van der Waals surface area contributed by atoms with Gasteiger partial charge in [-0.25, -0.2) is 0 Å². The molecule has 2 heterocycles. The van der Waals surface area contributed by atoms with Gasteiger partial charge in [0.05, 0.1) is 0 Å². The fourth-order valence-corrected chi connectivity index (χ4v) is 3.92. The van der Waals surface area contributed by atoms with Crippen LogP contribution in [0.15, 0.2) is 97.1 Å². The van der Waals surface area contributed by atoms with Crippen molar-refractivity contribution in [3.8, 4) is 0 Å². The molecule has 0 bridgehead atoms. The standard InChI is InChI=1S/C13H11N.C12H9N.CH3I/c1-14-12-8-4-2-6-10(12)11-7-3-5-9-13(11)14;1-3-7-11-9(5-1)10-6-2-4-8-12(10)13-11;1-2/h2-9H,1H3;1-8,13H;1H3. The number of H-pyrrole nitrogens is 1. The summed E-state index contributed by atoms with van der Waals surface area (Å²) >= 11 is 2.15. The molecule has 0 saturated heterocycles. The maximum Gasteiger partial charge on any atom is 0.0488 e. The number of hydrogen-bond acceptors (Lipinski definition) is 0. The molecule has 1 N–H and O–H groups in total. The van der Waals surface area contributed by atoms with Crippen molar-refractivity contribution >= 4 is 66.2 Å². The van der Waals surface area contributed by atoms with E-state index >= 15 is 0 Å². The Morgan fingerprint density at radius 2 is 0.862 bits per heavy atom. The summed E-state index contributed by atoms with van der Waals surface area (Å²) in [5.41, 5.74) is 5.02. The lowest BCUT2D eigenvalue weighted by Crippen LogP contribution is -1.84. The van der Waals surface area contributed by atoms with Crippen molar-refractivity contribution < 1.29 is 0 Å². The number of aromatic amines is 1. The second-order valence-corrected chi connectivity index (χ2v) is 6.81. The molecule has 2 nitrogen and oxygen atoms in total. The van der Waals surface area contributed by atoms with Gasteiger partial charge in [0, 0.05) is 50.7 Å². The zero-order chi connectivity index (χ0) is 20.2. The molecule has 0 amide bonds. The van der Waals surface area contributed by atoms with Crippen LogP contribution in [0.4, 0.5) is 0 Å². The monoisotopic (exact) mass is 490 g/mol. The molecule has 0 saturated carbocycles. The van der Waals surface area contributed by atoms with Crippen molar-refractivity contribution in [3.63, 3.8) is 0 Å². The molecule has 3 heteroatoms. The van der Waals surface area contributed by atoms with Gasteiger partial charge in [0.25, 0.3) is 0 Å². The van der Waals surface area contributed by atoms with Crippen LogP contribution in [0.3, 0.4) is 0 Å². The molecule has 0 unspecified atom stereocenters. The van der Waals surface area contributed by atoms with E-state index in [1.54, 1.807) is 0 Å². The van der Waals surface area contributed by atoms with Crippen molar-refractivity contribution in [1.82, 2.24) is 9.55 Å². The van der Waals surface area contributed by atoms with Crippen LogP contribution in [-0.2, 0) is 7.05 Å². The second-order valence-electron chi connectivity index (χ2n) is 6.81. The van der Waals surface area contributed by atoms with Crippen molar-refractivity contribution in [2.45, 2.75) is 0 Å². The normalized spacial score (nSPS) is 10.6. The number of benzene rings is 4. The molecule has 0 atom stereocenters. The molecular weight excluding hydrogens is 467 g/mol. The van der Waals surface area contributed by atoms with Gasteiger partial charge < -0.3 is 9.55 Å². The molecular formula is C26H23IN2. The van der Waals surface area contributed by atoms with Gasteiger partial charge in [-0.05, 0) is 29.2 Å². The quantitative estimate of drug-likeness (QED) is 0.166. The Kier molecular flexibility index (Phi) is 5.86. The molecule has 0 radical (unpaired) electrons. The molecule has 4 aromatic carbocycles. The van der Waals surface area contributed by atoms with Crippen molar-refractivity contribution in [2.75, 3.05) is 4.93 Å². The average Bonchev–Trinajstić information content (AvgIpc) is 3.32. The van der Waals surface area contributed by atoms with E-state index in [9.17, 15) is 0 Å². The average molecular weight is 490 g/mol. The van der Waals surface area contributed by atoms with E-state index in [1.165, 1.54) is 43.6 Å². The van der Waals surface area contributed by atoms with E-state index in [0.29, 0.717) is 0 Å². The van der Waals surface area contributed by atoms with Gasteiger partial charge in [0.15, 0.2) is 0 Å². The topological polar surface area (TPSA) is 20.7 Å². The lowest BCUT2D eigenvalue weighted by Gasteiger charge is -1.95. The molecule has 6 aromatic rings. The predicted octanol–water partition coefficient (Wildman–Crippen LogP) is 7.70. The highest BCUT2D eigenvalue weighted by Gasteiger charge is 2.05. The molecule has 6 rings (SSSR count). The molecule has 2 aromatic heterocycles. The van der Waals surface area contributed by atoms with Crippen molar-refractivity contribution in [1.29, 1.82) is 0 Å². The fraction of sp³-hybridized carbons (Fsp3) is 0.0769. The third kappa shape index (κ3) is 3.62. The van der Waals surface area contributed by atoms with Gasteiger partial charge in [-0.2, -0.15) is 0 Å². The van der Waals surface area contributed by atoms with Gasteiger partial charge in [-0.1, -0.05) is 95.4 Å². The van der Waals surface area contributed by atoms with Crippen LogP contribution in [0, 0.1) is 0 Å². The number of aromatic nitrogens is 2. The van der Waals surface area contributed by atoms with Crippen molar-refractivity contribution in [3.05, 3.63) is 97.1 Å². The first-order valence-corrected chi connectivity index (χ1v) is 11.7. The highest BCUT2D eigenvalue weighted by molar-refractivity contribution is 14.1. The van der Waals surface area contributed by atoms with Gasteiger partial charge in [-0.15, -0.1) is 0 Å². The second kappa shape index (κ2) is 8.70. The van der Waals surface area contributed by atoms with Crippen LogP contribution < -0.4 is 0 Å². The first-order valence-electron chi connectivity index (χ1n) is 9.58. The van der Waals surface area contributed by atoms with E-state index < -0.39 is 0 Å². The number of nitrogens with one attached hydrogen (secondary N) is 1. The van der Waals surface area contributed by atoms with Crippen molar-refractivity contribution in [2.24, 2.45) is 7.05 Å². The van der Waals surface area contributed by atoms with Crippen LogP contribution in [0.1, 0.15) is 0 Å².